The predicted octanol–water partition coefficient (Wildman–Crippen LogP) is 2.76. The van der Waals surface area contributed by atoms with Gasteiger partial charge in [0, 0.05) is 0 Å². The molecular weight excluding hydrogens is 286 g/mol. The van der Waals surface area contributed by atoms with Gasteiger partial charge in [0.2, 0.25) is 0 Å². The van der Waals surface area contributed by atoms with E-state index in [1.165, 1.54) is 0 Å². The first-order valence-corrected chi connectivity index (χ1v) is 7.54. The summed E-state index contributed by atoms with van der Waals surface area (Å²) in [5, 5.41) is 0.291. The highest BCUT2D eigenvalue weighted by atomic mass is 31.2. The lowest BCUT2D eigenvalue weighted by molar-refractivity contribution is 0.393. The van der Waals surface area contributed by atoms with Gasteiger partial charge in [-0.3, -0.25) is 0 Å². The molecule has 2 rings (SSSR count). The van der Waals surface area contributed by atoms with Crippen LogP contribution in [-0.2, 0) is 9.13 Å². The molecule has 0 aliphatic carbocycles. The molecule has 1 unspecified atom stereocenters. The van der Waals surface area contributed by atoms with Gasteiger partial charge in [-0.25, -0.2) is 9.13 Å². The van der Waals surface area contributed by atoms with Gasteiger partial charge in [0.15, 0.2) is 0 Å². The highest BCUT2D eigenvalue weighted by molar-refractivity contribution is 7.61. The lowest BCUT2D eigenvalue weighted by Gasteiger charge is -2.12. The average molecular weight is 298 g/mol. The maximum absolute atomic E-state index is 11.9. The molecule has 0 radical (unpaired) electrons. The highest BCUT2D eigenvalue weighted by Gasteiger charge is 2.23. The fraction of sp³-hybridized carbons (Fsp3) is 0. The standard InChI is InChI=1S/C12H11O3P.HO2P/c13-16(14,12-9-5-2-6-10-12)15-11-7-3-1-4-8-11;1-3-2/h1-10H,(H,13,14);(H,1,2). The van der Waals surface area contributed by atoms with E-state index < -0.39 is 16.3 Å². The maximum atomic E-state index is 11.9. The van der Waals surface area contributed by atoms with Crippen LogP contribution in [0.2, 0.25) is 0 Å². The third-order valence-electron chi connectivity index (χ3n) is 2.05. The molecule has 0 aliphatic rings. The molecule has 0 spiro atoms. The van der Waals surface area contributed by atoms with Crippen LogP contribution < -0.4 is 9.83 Å². The maximum Gasteiger partial charge on any atom is 0.408 e. The Bertz CT molecular complexity index is 545. The van der Waals surface area contributed by atoms with Crippen LogP contribution in [0, 0.1) is 0 Å². The Morgan fingerprint density at radius 1 is 0.947 bits per heavy atom. The highest BCUT2D eigenvalue weighted by Crippen LogP contribution is 2.41. The van der Waals surface area contributed by atoms with Crippen molar-refractivity contribution in [2.75, 3.05) is 0 Å². The molecule has 0 saturated carbocycles. The Morgan fingerprint density at radius 2 is 1.37 bits per heavy atom. The van der Waals surface area contributed by atoms with Gasteiger partial charge in [-0.2, -0.15) is 0 Å². The van der Waals surface area contributed by atoms with Gasteiger partial charge in [-0.15, -0.1) is 0 Å². The number of hydrogen-bond acceptors (Lipinski definition) is 3. The van der Waals surface area contributed by atoms with Crippen LogP contribution in [0.5, 0.6) is 5.75 Å². The summed E-state index contributed by atoms with van der Waals surface area (Å²) >= 11 is 0. The summed E-state index contributed by atoms with van der Waals surface area (Å²) in [5.74, 6) is 0.386. The second-order valence-electron chi connectivity index (χ2n) is 3.34. The van der Waals surface area contributed by atoms with E-state index >= 15 is 0 Å². The minimum atomic E-state index is -3.77. The molecular formula is C12H12O5P2. The molecule has 19 heavy (non-hydrogen) atoms. The zero-order valence-electron chi connectivity index (χ0n) is 9.79. The fourth-order valence-electron chi connectivity index (χ4n) is 1.29. The van der Waals surface area contributed by atoms with Gasteiger partial charge in [0.25, 0.3) is 0 Å². The first-order valence-electron chi connectivity index (χ1n) is 5.20. The predicted molar refractivity (Wildman–Crippen MR) is 72.8 cm³/mol. The fourth-order valence-corrected chi connectivity index (χ4v) is 2.36. The topological polar surface area (TPSA) is 83.8 Å². The minimum Gasteiger partial charge on any atom is -0.421 e. The quantitative estimate of drug-likeness (QED) is 0.851. The van der Waals surface area contributed by atoms with Crippen LogP contribution in [0.25, 0.3) is 0 Å². The molecule has 1 atom stereocenters. The van der Waals surface area contributed by atoms with E-state index in [0.29, 0.717) is 11.1 Å². The minimum absolute atomic E-state index is 0.291. The lowest BCUT2D eigenvalue weighted by atomic mass is 10.3. The molecule has 5 nitrogen and oxygen atoms in total. The normalized spacial score (nSPS) is 12.9. The lowest BCUT2D eigenvalue weighted by Crippen LogP contribution is -2.08. The number of hydrogen-bond donors (Lipinski definition) is 2. The summed E-state index contributed by atoms with van der Waals surface area (Å²) in [5.41, 5.74) is 0. The van der Waals surface area contributed by atoms with Crippen LogP contribution in [0.4, 0.5) is 0 Å². The molecule has 100 valence electrons. The van der Waals surface area contributed by atoms with Crippen LogP contribution in [0.3, 0.4) is 0 Å². The van der Waals surface area contributed by atoms with Crippen LogP contribution in [-0.4, -0.2) is 9.79 Å². The van der Waals surface area contributed by atoms with E-state index in [2.05, 4.69) is 0 Å². The van der Waals surface area contributed by atoms with Crippen molar-refractivity contribution >= 4 is 21.6 Å². The van der Waals surface area contributed by atoms with Crippen molar-refractivity contribution < 1.29 is 23.4 Å². The van der Waals surface area contributed by atoms with Gasteiger partial charge in [0.1, 0.15) is 5.75 Å². The Hall–Kier alpha value is -1.51. The van der Waals surface area contributed by atoms with Crippen LogP contribution >= 0.6 is 16.3 Å². The van der Waals surface area contributed by atoms with Crippen LogP contribution in [0.1, 0.15) is 0 Å². The largest absolute Gasteiger partial charge is 0.421 e. The second kappa shape index (κ2) is 7.82. The third kappa shape index (κ3) is 5.33. The van der Waals surface area contributed by atoms with Gasteiger partial charge in [-0.1, -0.05) is 36.4 Å². The molecule has 2 N–H and O–H groups in total. The van der Waals surface area contributed by atoms with Crippen molar-refractivity contribution in [1.82, 2.24) is 0 Å². The van der Waals surface area contributed by atoms with Crippen molar-refractivity contribution in [3.63, 3.8) is 0 Å². The van der Waals surface area contributed by atoms with E-state index in [-0.39, 0.29) is 0 Å². The molecule has 0 heterocycles. The molecule has 0 aromatic heterocycles. The summed E-state index contributed by atoms with van der Waals surface area (Å²) < 4.78 is 25.5. The number of para-hydroxylation sites is 1. The van der Waals surface area contributed by atoms with Crippen molar-refractivity contribution in [1.29, 1.82) is 0 Å². The Morgan fingerprint density at radius 3 is 1.84 bits per heavy atom. The van der Waals surface area contributed by atoms with Crippen molar-refractivity contribution in [2.24, 2.45) is 0 Å². The Labute approximate surface area is 112 Å². The summed E-state index contributed by atoms with van der Waals surface area (Å²) in [6, 6.07) is 16.9. The second-order valence-corrected chi connectivity index (χ2v) is 5.25. The summed E-state index contributed by atoms with van der Waals surface area (Å²) in [6.45, 7) is 0. The molecule has 2 aromatic carbocycles. The SMILES string of the molecule is O=P(O)(Oc1ccccc1)c1ccccc1.O=PO. The van der Waals surface area contributed by atoms with E-state index in [9.17, 15) is 9.46 Å². The summed E-state index contributed by atoms with van der Waals surface area (Å²) in [7, 11) is -4.60. The Balaban J connectivity index is 0.000000550. The van der Waals surface area contributed by atoms with Crippen molar-refractivity contribution in [3.05, 3.63) is 60.7 Å². The molecule has 0 amide bonds. The third-order valence-corrected chi connectivity index (χ3v) is 3.46. The molecule has 7 heteroatoms. The van der Waals surface area contributed by atoms with Gasteiger partial charge in [0.05, 0.1) is 5.30 Å². The Kier molecular flexibility index (Phi) is 6.40. The van der Waals surface area contributed by atoms with Gasteiger partial charge >= 0.3 is 16.3 Å². The van der Waals surface area contributed by atoms with Gasteiger partial charge < -0.3 is 14.3 Å². The molecule has 0 fully saturated rings. The zero-order chi connectivity index (χ0) is 14.1. The number of benzene rings is 2. The molecule has 2 aromatic rings. The zero-order valence-corrected chi connectivity index (χ0v) is 11.6. The summed E-state index contributed by atoms with van der Waals surface area (Å²) in [4.78, 5) is 16.8. The average Bonchev–Trinajstić information content (AvgIpc) is 2.41. The first-order chi connectivity index (χ1) is 9.10. The molecule has 0 aliphatic heterocycles. The van der Waals surface area contributed by atoms with E-state index in [1.807, 2.05) is 6.07 Å². The number of rotatable bonds is 3. The van der Waals surface area contributed by atoms with E-state index in [0.717, 1.165) is 0 Å². The molecule has 0 bridgehead atoms. The van der Waals surface area contributed by atoms with E-state index in [1.54, 1.807) is 54.6 Å². The monoisotopic (exact) mass is 298 g/mol. The van der Waals surface area contributed by atoms with E-state index in [4.69, 9.17) is 14.0 Å². The van der Waals surface area contributed by atoms with Crippen LogP contribution in [0.15, 0.2) is 60.7 Å². The smallest absolute Gasteiger partial charge is 0.408 e. The van der Waals surface area contributed by atoms with Crippen molar-refractivity contribution in [3.8, 4) is 5.75 Å². The molecule has 0 saturated heterocycles. The first kappa shape index (κ1) is 15.5. The summed E-state index contributed by atoms with van der Waals surface area (Å²) in [6.07, 6.45) is 0. The van der Waals surface area contributed by atoms with Crippen molar-refractivity contribution in [2.45, 2.75) is 0 Å². The van der Waals surface area contributed by atoms with Gasteiger partial charge in [-0.05, 0) is 24.3 Å².